The second-order valence-electron chi connectivity index (χ2n) is 12.8. The maximum Gasteiger partial charge on any atom is 0.469 e. The smallest absolute Gasteiger partial charge is 0.394 e. The van der Waals surface area contributed by atoms with Crippen molar-refractivity contribution in [1.29, 1.82) is 0 Å². The summed E-state index contributed by atoms with van der Waals surface area (Å²) in [4.78, 5) is 49.4. The average Bonchev–Trinajstić information content (AvgIpc) is 3.15. The van der Waals surface area contributed by atoms with E-state index >= 15 is 0 Å². The average molecular weight is 878 g/mol. The van der Waals surface area contributed by atoms with Gasteiger partial charge < -0.3 is 79.8 Å². The summed E-state index contributed by atoms with van der Waals surface area (Å²) < 4.78 is 71.2. The van der Waals surface area contributed by atoms with E-state index in [1.54, 1.807) is 11.6 Å². The minimum Gasteiger partial charge on any atom is -0.394 e. The van der Waals surface area contributed by atoms with Gasteiger partial charge >= 0.3 is 15.6 Å². The van der Waals surface area contributed by atoms with E-state index in [9.17, 15) is 63.2 Å². The van der Waals surface area contributed by atoms with E-state index in [2.05, 4.69) is 14.4 Å². The van der Waals surface area contributed by atoms with Gasteiger partial charge in [0, 0.05) is 43.1 Å². The number of aromatic nitrogens is 1. The molecule has 3 aromatic rings. The lowest BCUT2D eigenvalue weighted by Gasteiger charge is -2.42. The Morgan fingerprint density at radius 2 is 1.42 bits per heavy atom. The van der Waals surface area contributed by atoms with E-state index in [0.717, 1.165) is 12.1 Å². The van der Waals surface area contributed by atoms with Crippen molar-refractivity contribution in [3.05, 3.63) is 46.6 Å². The van der Waals surface area contributed by atoms with Gasteiger partial charge in [-0.15, -0.1) is 0 Å². The van der Waals surface area contributed by atoms with E-state index in [0.29, 0.717) is 9.82 Å². The molecule has 0 radical (unpaired) electrons. The Morgan fingerprint density at radius 3 is 1.96 bits per heavy atom. The molecule has 27 heteroatoms. The number of nitrogens with one attached hydrogen (secondary N) is 1. The number of fused-ring (bicyclic) bond motifs is 2. The SMILES string of the molecule is Cn1c2ccc(NC[C@@H](O)C(O)[C@H](O[C@@H]3OC(CO)[C@@H](O)[C@H](O)C3O)C(O)CO)cc2c(=O)c2cc(S(=O)(=O)N(CCOP(=O)(O)O)CCOP(=O)(O)O)ccc21. The molecule has 24 nitrogen and oxygen atoms in total. The lowest BCUT2D eigenvalue weighted by molar-refractivity contribution is -0.326. The van der Waals surface area contributed by atoms with Crippen molar-refractivity contribution in [2.45, 2.75) is 60.0 Å². The van der Waals surface area contributed by atoms with Crippen molar-refractivity contribution in [3.8, 4) is 0 Å². The van der Waals surface area contributed by atoms with Crippen molar-refractivity contribution in [1.82, 2.24) is 8.87 Å². The van der Waals surface area contributed by atoms with Gasteiger partial charge in [-0.3, -0.25) is 13.8 Å². The second kappa shape index (κ2) is 19.2. The first-order valence-electron chi connectivity index (χ1n) is 16.8. The molecule has 322 valence electrons. The number of sulfonamides is 1. The topological polar surface area (TPSA) is 385 Å². The third-order valence-corrected chi connectivity index (χ3v) is 11.9. The summed E-state index contributed by atoms with van der Waals surface area (Å²) in [6, 6.07) is 7.90. The largest absolute Gasteiger partial charge is 0.469 e. The molecule has 0 aliphatic carbocycles. The predicted octanol–water partition coefficient (Wildman–Crippen LogP) is -4.43. The minimum atomic E-state index is -5.02. The van der Waals surface area contributed by atoms with E-state index in [4.69, 9.17) is 29.0 Å². The summed E-state index contributed by atoms with van der Waals surface area (Å²) in [5, 5.41) is 84.3. The van der Waals surface area contributed by atoms with Gasteiger partial charge in [0.15, 0.2) is 11.7 Å². The van der Waals surface area contributed by atoms with Crippen molar-refractivity contribution < 1.29 is 96.5 Å². The van der Waals surface area contributed by atoms with Crippen LogP contribution >= 0.6 is 15.6 Å². The Bertz CT molecular complexity index is 2080. The van der Waals surface area contributed by atoms with Crippen molar-refractivity contribution >= 4 is 53.2 Å². The van der Waals surface area contributed by atoms with Crippen molar-refractivity contribution in [2.24, 2.45) is 7.05 Å². The monoisotopic (exact) mass is 877 g/mol. The van der Waals surface area contributed by atoms with Crippen LogP contribution in [0.4, 0.5) is 5.69 Å². The molecule has 13 N–H and O–H groups in total. The van der Waals surface area contributed by atoms with Crippen LogP contribution in [0.1, 0.15) is 0 Å². The Hall–Kier alpha value is -2.56. The molecule has 0 saturated carbocycles. The standard InChI is InChI=1S/C30H45N3O21P2S/c1-32-19-4-2-15(31-12-21(36)25(39)29(22(37)13-34)54-30-28(42)27(41)26(40)23(14-35)53-30)10-17(19)24(38)18-11-16(3-5-20(18)32)57(49,50)33(6-8-51-55(43,44)45)7-9-52-56(46,47)48/h2-5,10-11,21-23,25-31,34-37,39-42H,6-9,12-14H2,1H3,(H2,43,44,45)(H2,46,47,48)/t21-,22?,23?,25?,26-,27+,28?,29-,30+/m1/s1. The van der Waals surface area contributed by atoms with Gasteiger partial charge in [-0.1, -0.05) is 0 Å². The molecule has 1 aliphatic heterocycles. The summed E-state index contributed by atoms with van der Waals surface area (Å²) in [5.74, 6) is 0. The van der Waals surface area contributed by atoms with Crippen LogP contribution < -0.4 is 10.7 Å². The number of aliphatic hydroxyl groups excluding tert-OH is 8. The van der Waals surface area contributed by atoms with Crippen molar-refractivity contribution in [3.63, 3.8) is 0 Å². The minimum absolute atomic E-state index is 0.0426. The first kappa shape index (κ1) is 47.1. The molecule has 2 aromatic carbocycles. The first-order valence-corrected chi connectivity index (χ1v) is 21.3. The number of hydrogen-bond acceptors (Lipinski definition) is 18. The lowest BCUT2D eigenvalue weighted by Crippen LogP contribution is -2.61. The number of anilines is 1. The Labute approximate surface area is 323 Å². The number of aliphatic hydroxyl groups is 8. The van der Waals surface area contributed by atoms with Crippen LogP contribution in [0, 0.1) is 0 Å². The maximum absolute atomic E-state index is 13.9. The summed E-state index contributed by atoms with van der Waals surface area (Å²) >= 11 is 0. The fourth-order valence-electron chi connectivity index (χ4n) is 5.97. The van der Waals surface area contributed by atoms with E-state index in [1.165, 1.54) is 24.3 Å². The van der Waals surface area contributed by atoms with Crippen LogP contribution in [0.25, 0.3) is 21.8 Å². The number of phosphoric ester groups is 2. The molecule has 1 aromatic heterocycles. The normalized spacial score (nSPS) is 23.2. The summed E-state index contributed by atoms with van der Waals surface area (Å²) in [6.07, 6.45) is -16.3. The molecule has 57 heavy (non-hydrogen) atoms. The van der Waals surface area contributed by atoms with Gasteiger partial charge in [0.2, 0.25) is 10.0 Å². The second-order valence-corrected chi connectivity index (χ2v) is 17.3. The van der Waals surface area contributed by atoms with Gasteiger partial charge in [0.05, 0.1) is 48.5 Å². The van der Waals surface area contributed by atoms with Crippen molar-refractivity contribution in [2.75, 3.05) is 51.4 Å². The third kappa shape index (κ3) is 11.6. The zero-order chi connectivity index (χ0) is 42.6. The van der Waals surface area contributed by atoms with Gasteiger partial charge in [-0.25, -0.2) is 17.5 Å². The lowest BCUT2D eigenvalue weighted by atomic mass is 9.98. The molecule has 2 heterocycles. The quantitative estimate of drug-likeness (QED) is 0.0376. The van der Waals surface area contributed by atoms with E-state index < -0.39 is 137 Å². The first-order chi connectivity index (χ1) is 26.5. The molecule has 4 rings (SSSR count). The van der Waals surface area contributed by atoms with Crippen LogP contribution in [-0.2, 0) is 44.7 Å². The number of phosphoric acid groups is 2. The zero-order valence-corrected chi connectivity index (χ0v) is 32.5. The Kier molecular flexibility index (Phi) is 15.9. The predicted molar refractivity (Wildman–Crippen MR) is 194 cm³/mol. The highest BCUT2D eigenvalue weighted by Crippen LogP contribution is 2.37. The molecule has 9 atom stereocenters. The van der Waals surface area contributed by atoms with Crippen LogP contribution in [0.2, 0.25) is 0 Å². The molecule has 4 unspecified atom stereocenters. The molecule has 0 bridgehead atoms. The highest BCUT2D eigenvalue weighted by molar-refractivity contribution is 7.89. The molecule has 0 spiro atoms. The number of ether oxygens (including phenoxy) is 2. The third-order valence-electron chi connectivity index (χ3n) is 8.97. The molecule has 1 fully saturated rings. The highest BCUT2D eigenvalue weighted by Gasteiger charge is 2.47. The van der Waals surface area contributed by atoms with Gasteiger partial charge in [-0.2, -0.15) is 4.31 Å². The van der Waals surface area contributed by atoms with Crippen LogP contribution in [0.15, 0.2) is 46.1 Å². The highest BCUT2D eigenvalue weighted by atomic mass is 32.2. The number of pyridine rings is 1. The van der Waals surface area contributed by atoms with Gasteiger partial charge in [0.25, 0.3) is 0 Å². The summed E-state index contributed by atoms with van der Waals surface area (Å²) in [5.41, 5.74) is 0.183. The Morgan fingerprint density at radius 1 is 0.860 bits per heavy atom. The van der Waals surface area contributed by atoms with Crippen LogP contribution in [-0.4, -0.2) is 179 Å². The fraction of sp³-hybridized carbons (Fsp3) is 0.567. The molecule has 1 aliphatic rings. The van der Waals surface area contributed by atoms with E-state index in [1.807, 2.05) is 0 Å². The van der Waals surface area contributed by atoms with E-state index in [-0.39, 0.29) is 22.0 Å². The molecular weight excluding hydrogens is 832 g/mol. The summed E-state index contributed by atoms with van der Waals surface area (Å²) in [7, 11) is -13.1. The zero-order valence-electron chi connectivity index (χ0n) is 29.8. The van der Waals surface area contributed by atoms with Gasteiger partial charge in [-0.05, 0) is 36.4 Å². The Balaban J connectivity index is 1.59. The number of benzene rings is 2. The number of rotatable bonds is 20. The fourth-order valence-corrected chi connectivity index (χ4v) is 8.04. The number of hydrogen-bond donors (Lipinski definition) is 13. The molecular formula is C30H45N3O21P2S. The maximum atomic E-state index is 13.9. The summed E-state index contributed by atoms with van der Waals surface area (Å²) in [6.45, 7) is -5.33. The van der Waals surface area contributed by atoms with Gasteiger partial charge in [0.1, 0.15) is 42.7 Å². The molecule has 0 amide bonds. The number of aryl methyl sites for hydroxylation is 1. The number of nitrogens with zero attached hydrogens (tertiary/aromatic N) is 2. The van der Waals surface area contributed by atoms with Crippen LogP contribution in [0.5, 0.6) is 0 Å². The molecule has 1 saturated heterocycles. The van der Waals surface area contributed by atoms with Crippen LogP contribution in [0.3, 0.4) is 0 Å².